The first-order valence-electron chi connectivity index (χ1n) is 10.5. The number of unbranched alkanes of at least 4 members (excludes halogenated alkanes) is 2. The SMILES string of the molecule is CC(C)(C)OC(=O)N1CCC(CCCCCOc2ccc(S(C)(=O)=O)cc2)CC1. The number of sulfone groups is 1. The summed E-state index contributed by atoms with van der Waals surface area (Å²) in [4.78, 5) is 14.2. The highest BCUT2D eigenvalue weighted by molar-refractivity contribution is 7.90. The summed E-state index contributed by atoms with van der Waals surface area (Å²) in [6, 6.07) is 6.56. The van der Waals surface area contributed by atoms with Crippen molar-refractivity contribution in [3.8, 4) is 5.75 Å². The van der Waals surface area contributed by atoms with Crippen molar-refractivity contribution in [3.05, 3.63) is 24.3 Å². The van der Waals surface area contributed by atoms with Gasteiger partial charge in [-0.15, -0.1) is 0 Å². The predicted octanol–water partition coefficient (Wildman–Crippen LogP) is 4.68. The Morgan fingerprint density at radius 3 is 2.24 bits per heavy atom. The molecule has 0 atom stereocenters. The van der Waals surface area contributed by atoms with E-state index in [9.17, 15) is 13.2 Å². The van der Waals surface area contributed by atoms with Crippen molar-refractivity contribution < 1.29 is 22.7 Å². The molecule has 6 nitrogen and oxygen atoms in total. The topological polar surface area (TPSA) is 72.9 Å². The Balaban J connectivity index is 1.56. The Bertz CT molecular complexity index is 744. The summed E-state index contributed by atoms with van der Waals surface area (Å²) in [6.45, 7) is 7.89. The Hall–Kier alpha value is -1.76. The van der Waals surface area contributed by atoms with Crippen LogP contribution in [0.25, 0.3) is 0 Å². The molecule has 0 bridgehead atoms. The molecule has 0 aliphatic carbocycles. The average Bonchev–Trinajstić information content (AvgIpc) is 2.63. The van der Waals surface area contributed by atoms with E-state index in [0.717, 1.165) is 45.2 Å². The smallest absolute Gasteiger partial charge is 0.410 e. The van der Waals surface area contributed by atoms with E-state index in [0.29, 0.717) is 23.2 Å². The van der Waals surface area contributed by atoms with Gasteiger partial charge in [0.25, 0.3) is 0 Å². The summed E-state index contributed by atoms with van der Waals surface area (Å²) in [5, 5.41) is 0. The number of benzene rings is 1. The lowest BCUT2D eigenvalue weighted by Crippen LogP contribution is -2.41. The number of rotatable bonds is 8. The maximum absolute atomic E-state index is 12.1. The number of hydrogen-bond donors (Lipinski definition) is 0. The Morgan fingerprint density at radius 1 is 1.07 bits per heavy atom. The van der Waals surface area contributed by atoms with E-state index in [2.05, 4.69) is 0 Å². The molecule has 0 spiro atoms. The van der Waals surface area contributed by atoms with Gasteiger partial charge in [0.2, 0.25) is 0 Å². The molecule has 1 amide bonds. The van der Waals surface area contributed by atoms with Crippen LogP contribution < -0.4 is 4.74 Å². The lowest BCUT2D eigenvalue weighted by Gasteiger charge is -2.33. The van der Waals surface area contributed by atoms with Gasteiger partial charge in [-0.3, -0.25) is 0 Å². The minimum atomic E-state index is -3.16. The normalized spacial score (nSPS) is 15.9. The third-order valence-corrected chi connectivity index (χ3v) is 6.17. The Morgan fingerprint density at radius 2 is 1.69 bits per heavy atom. The fourth-order valence-corrected chi connectivity index (χ4v) is 4.05. The molecule has 0 radical (unpaired) electrons. The number of nitrogens with zero attached hydrogens (tertiary/aromatic N) is 1. The summed E-state index contributed by atoms with van der Waals surface area (Å²) in [6.07, 6.45) is 7.52. The van der Waals surface area contributed by atoms with Crippen LogP contribution in [0.4, 0.5) is 4.79 Å². The maximum atomic E-state index is 12.1. The highest BCUT2D eigenvalue weighted by Crippen LogP contribution is 2.24. The predicted molar refractivity (Wildman–Crippen MR) is 114 cm³/mol. The highest BCUT2D eigenvalue weighted by atomic mass is 32.2. The zero-order chi connectivity index (χ0) is 21.5. The van der Waals surface area contributed by atoms with Gasteiger partial charge in [0.05, 0.1) is 11.5 Å². The van der Waals surface area contributed by atoms with Crippen molar-refractivity contribution in [1.29, 1.82) is 0 Å². The number of likely N-dealkylation sites (tertiary alicyclic amines) is 1. The van der Waals surface area contributed by atoms with Gasteiger partial charge in [0, 0.05) is 19.3 Å². The van der Waals surface area contributed by atoms with Gasteiger partial charge in [-0.25, -0.2) is 13.2 Å². The molecule has 29 heavy (non-hydrogen) atoms. The fourth-order valence-electron chi connectivity index (χ4n) is 3.42. The van der Waals surface area contributed by atoms with Crippen LogP contribution in [-0.4, -0.2) is 51.0 Å². The molecule has 0 aromatic heterocycles. The molecule has 0 N–H and O–H groups in total. The van der Waals surface area contributed by atoms with Crippen molar-refractivity contribution in [2.75, 3.05) is 26.0 Å². The summed E-state index contributed by atoms with van der Waals surface area (Å²) >= 11 is 0. The molecule has 1 aliphatic rings. The third-order valence-electron chi connectivity index (χ3n) is 5.04. The van der Waals surface area contributed by atoms with Gasteiger partial charge in [-0.1, -0.05) is 19.3 Å². The van der Waals surface area contributed by atoms with E-state index < -0.39 is 15.4 Å². The molecule has 7 heteroatoms. The second-order valence-corrected chi connectivity index (χ2v) is 10.9. The number of carbonyl (C=O) groups is 1. The standard InChI is InChI=1S/C22H35NO5S/c1-22(2,3)28-21(24)23-15-13-18(14-16-23)8-6-5-7-17-27-19-9-11-20(12-10-19)29(4,25)26/h9-12,18H,5-8,13-17H2,1-4H3. The molecule has 1 aliphatic heterocycles. The van der Waals surface area contributed by atoms with E-state index in [1.165, 1.54) is 12.7 Å². The molecule has 0 unspecified atom stereocenters. The van der Waals surface area contributed by atoms with E-state index in [1.54, 1.807) is 24.3 Å². The molecule has 2 rings (SSSR count). The second-order valence-electron chi connectivity index (χ2n) is 8.85. The fraction of sp³-hybridized carbons (Fsp3) is 0.682. The number of carbonyl (C=O) groups excluding carboxylic acids is 1. The van der Waals surface area contributed by atoms with Crippen molar-refractivity contribution in [2.24, 2.45) is 5.92 Å². The first kappa shape index (κ1) is 23.5. The van der Waals surface area contributed by atoms with Crippen molar-refractivity contribution in [3.63, 3.8) is 0 Å². The van der Waals surface area contributed by atoms with Crippen LogP contribution in [0, 0.1) is 5.92 Å². The van der Waals surface area contributed by atoms with Gasteiger partial charge in [0.15, 0.2) is 9.84 Å². The summed E-state index contributed by atoms with van der Waals surface area (Å²) in [7, 11) is -3.16. The second kappa shape index (κ2) is 10.3. The minimum absolute atomic E-state index is 0.197. The summed E-state index contributed by atoms with van der Waals surface area (Å²) in [5.74, 6) is 1.38. The minimum Gasteiger partial charge on any atom is -0.494 e. The molecular weight excluding hydrogens is 390 g/mol. The van der Waals surface area contributed by atoms with Crippen LogP contribution >= 0.6 is 0 Å². The average molecular weight is 426 g/mol. The van der Waals surface area contributed by atoms with Crippen molar-refractivity contribution >= 4 is 15.9 Å². The van der Waals surface area contributed by atoms with E-state index in [-0.39, 0.29) is 6.09 Å². The first-order valence-corrected chi connectivity index (χ1v) is 12.3. The molecule has 164 valence electrons. The van der Waals surface area contributed by atoms with Gasteiger partial charge in [-0.05, 0) is 70.2 Å². The van der Waals surface area contributed by atoms with Gasteiger partial charge in [0.1, 0.15) is 11.4 Å². The van der Waals surface area contributed by atoms with Crippen LogP contribution in [-0.2, 0) is 14.6 Å². The van der Waals surface area contributed by atoms with Crippen LogP contribution in [0.3, 0.4) is 0 Å². The number of hydrogen-bond acceptors (Lipinski definition) is 5. The van der Waals surface area contributed by atoms with Gasteiger partial charge in [-0.2, -0.15) is 0 Å². The highest BCUT2D eigenvalue weighted by Gasteiger charge is 2.26. The zero-order valence-corrected chi connectivity index (χ0v) is 19.0. The van der Waals surface area contributed by atoms with E-state index in [1.807, 2.05) is 25.7 Å². The van der Waals surface area contributed by atoms with E-state index in [4.69, 9.17) is 9.47 Å². The van der Waals surface area contributed by atoms with Crippen molar-refractivity contribution in [2.45, 2.75) is 69.8 Å². The third kappa shape index (κ3) is 8.64. The largest absolute Gasteiger partial charge is 0.494 e. The maximum Gasteiger partial charge on any atom is 0.410 e. The molecule has 0 saturated carbocycles. The molecule has 1 aromatic carbocycles. The Kier molecular flexibility index (Phi) is 8.37. The lowest BCUT2D eigenvalue weighted by molar-refractivity contribution is 0.0180. The number of amides is 1. The van der Waals surface area contributed by atoms with Crippen LogP contribution in [0.15, 0.2) is 29.2 Å². The molecule has 1 saturated heterocycles. The quantitative estimate of drug-likeness (QED) is 0.566. The van der Waals surface area contributed by atoms with E-state index >= 15 is 0 Å². The molecular formula is C22H35NO5S. The lowest BCUT2D eigenvalue weighted by atomic mass is 9.91. The monoisotopic (exact) mass is 425 g/mol. The molecule has 1 heterocycles. The van der Waals surface area contributed by atoms with Crippen LogP contribution in [0.1, 0.15) is 59.3 Å². The van der Waals surface area contributed by atoms with Gasteiger partial charge < -0.3 is 14.4 Å². The molecule has 1 fully saturated rings. The van der Waals surface area contributed by atoms with Crippen molar-refractivity contribution in [1.82, 2.24) is 4.90 Å². The first-order chi connectivity index (χ1) is 13.5. The zero-order valence-electron chi connectivity index (χ0n) is 18.1. The number of ether oxygens (including phenoxy) is 2. The summed E-state index contributed by atoms with van der Waals surface area (Å²) in [5.41, 5.74) is -0.439. The summed E-state index contributed by atoms with van der Waals surface area (Å²) < 4.78 is 34.0. The number of piperidine rings is 1. The van der Waals surface area contributed by atoms with Gasteiger partial charge >= 0.3 is 6.09 Å². The van der Waals surface area contributed by atoms with Crippen LogP contribution in [0.2, 0.25) is 0 Å². The van der Waals surface area contributed by atoms with Crippen LogP contribution in [0.5, 0.6) is 5.75 Å². The molecule has 1 aromatic rings. The Labute approximate surface area is 175 Å².